The Balaban J connectivity index is 2.24. The quantitative estimate of drug-likeness (QED) is 0.789. The van der Waals surface area contributed by atoms with Gasteiger partial charge in [0.15, 0.2) is 0 Å². The maximum absolute atomic E-state index is 6.01. The van der Waals surface area contributed by atoms with Crippen LogP contribution in [0.4, 0.5) is 0 Å². The van der Waals surface area contributed by atoms with Gasteiger partial charge in [-0.25, -0.2) is 0 Å². The number of nitrogens with one attached hydrogen (secondary N) is 2. The van der Waals surface area contributed by atoms with Gasteiger partial charge in [-0.1, -0.05) is 31.5 Å². The van der Waals surface area contributed by atoms with Crippen molar-refractivity contribution in [2.24, 2.45) is 0 Å². The third-order valence-electron chi connectivity index (χ3n) is 2.17. The molecule has 16 heavy (non-hydrogen) atoms. The molecule has 0 amide bonds. The highest BCUT2D eigenvalue weighted by atomic mass is 79.9. The lowest BCUT2D eigenvalue weighted by Gasteiger charge is -2.09. The van der Waals surface area contributed by atoms with Crippen molar-refractivity contribution in [1.82, 2.24) is 10.6 Å². The van der Waals surface area contributed by atoms with E-state index in [-0.39, 0.29) is 0 Å². The zero-order valence-corrected chi connectivity index (χ0v) is 12.0. The lowest BCUT2D eigenvalue weighted by atomic mass is 10.2. The Morgan fingerprint density at radius 1 is 1.31 bits per heavy atom. The van der Waals surface area contributed by atoms with Gasteiger partial charge in [0.1, 0.15) is 0 Å². The van der Waals surface area contributed by atoms with E-state index in [1.807, 2.05) is 12.1 Å². The summed E-state index contributed by atoms with van der Waals surface area (Å²) in [6, 6.07) is 6.57. The van der Waals surface area contributed by atoms with Gasteiger partial charge >= 0.3 is 0 Å². The molecule has 0 fully saturated rings. The molecule has 0 unspecified atom stereocenters. The van der Waals surface area contributed by atoms with Crippen LogP contribution >= 0.6 is 27.5 Å². The van der Waals surface area contributed by atoms with Crippen molar-refractivity contribution in [2.45, 2.75) is 26.4 Å². The lowest BCUT2D eigenvalue weighted by Crippen LogP contribution is -2.31. The predicted molar refractivity (Wildman–Crippen MR) is 74.0 cm³/mol. The zero-order valence-electron chi connectivity index (χ0n) is 9.69. The second-order valence-corrected chi connectivity index (χ2v) is 5.30. The standard InChI is InChI=1S/C12H18BrClN2/c1-9(2)16-6-5-15-8-10-3-4-11(13)12(14)7-10/h3-4,7,9,15-16H,5-6,8H2,1-2H3. The van der Waals surface area contributed by atoms with Gasteiger partial charge in [-0.2, -0.15) is 0 Å². The molecule has 0 heterocycles. The SMILES string of the molecule is CC(C)NCCNCc1ccc(Br)c(Cl)c1. The minimum Gasteiger partial charge on any atom is -0.313 e. The summed E-state index contributed by atoms with van der Waals surface area (Å²) in [6.45, 7) is 7.10. The highest BCUT2D eigenvalue weighted by Crippen LogP contribution is 2.22. The van der Waals surface area contributed by atoms with Crippen molar-refractivity contribution in [2.75, 3.05) is 13.1 Å². The van der Waals surface area contributed by atoms with Crippen LogP contribution in [0.5, 0.6) is 0 Å². The molecule has 1 aromatic rings. The Morgan fingerprint density at radius 3 is 2.69 bits per heavy atom. The third kappa shape index (κ3) is 5.30. The minimum atomic E-state index is 0.545. The summed E-state index contributed by atoms with van der Waals surface area (Å²) >= 11 is 9.38. The van der Waals surface area contributed by atoms with Crippen LogP contribution in [0.3, 0.4) is 0 Å². The molecular formula is C12H18BrClN2. The molecule has 1 rings (SSSR count). The number of hydrogen-bond acceptors (Lipinski definition) is 2. The Morgan fingerprint density at radius 2 is 2.06 bits per heavy atom. The second-order valence-electron chi connectivity index (χ2n) is 4.03. The third-order valence-corrected chi connectivity index (χ3v) is 3.40. The molecule has 0 saturated heterocycles. The molecule has 1 aromatic carbocycles. The molecular weight excluding hydrogens is 288 g/mol. The van der Waals surface area contributed by atoms with Gasteiger partial charge in [-0.3, -0.25) is 0 Å². The molecule has 0 aromatic heterocycles. The predicted octanol–water partition coefficient (Wildman–Crippen LogP) is 3.19. The van der Waals surface area contributed by atoms with Crippen LogP contribution in [0.15, 0.2) is 22.7 Å². The van der Waals surface area contributed by atoms with E-state index >= 15 is 0 Å². The molecule has 4 heteroatoms. The van der Waals surface area contributed by atoms with E-state index in [2.05, 4.69) is 46.5 Å². The van der Waals surface area contributed by atoms with Gasteiger partial charge in [0, 0.05) is 30.1 Å². The monoisotopic (exact) mass is 304 g/mol. The molecule has 0 bridgehead atoms. The number of rotatable bonds is 6. The molecule has 2 N–H and O–H groups in total. The first kappa shape index (κ1) is 14.0. The number of halogens is 2. The highest BCUT2D eigenvalue weighted by Gasteiger charge is 1.98. The van der Waals surface area contributed by atoms with Crippen molar-refractivity contribution >= 4 is 27.5 Å². The smallest absolute Gasteiger partial charge is 0.0551 e. The summed E-state index contributed by atoms with van der Waals surface area (Å²) in [4.78, 5) is 0. The van der Waals surface area contributed by atoms with Gasteiger partial charge in [0.2, 0.25) is 0 Å². The fourth-order valence-electron chi connectivity index (χ4n) is 1.33. The molecule has 0 saturated carbocycles. The first-order valence-corrected chi connectivity index (χ1v) is 6.64. The molecule has 0 aliphatic rings. The van der Waals surface area contributed by atoms with Crippen LogP contribution in [0, 0.1) is 0 Å². The summed E-state index contributed by atoms with van der Waals surface area (Å²) in [6.07, 6.45) is 0. The lowest BCUT2D eigenvalue weighted by molar-refractivity contribution is 0.555. The van der Waals surface area contributed by atoms with Gasteiger partial charge in [-0.05, 0) is 33.6 Å². The fraction of sp³-hybridized carbons (Fsp3) is 0.500. The largest absolute Gasteiger partial charge is 0.313 e. The van der Waals surface area contributed by atoms with Crippen molar-refractivity contribution in [3.63, 3.8) is 0 Å². The Labute approximate surface area is 111 Å². The van der Waals surface area contributed by atoms with E-state index in [9.17, 15) is 0 Å². The van der Waals surface area contributed by atoms with Crippen LogP contribution < -0.4 is 10.6 Å². The summed E-state index contributed by atoms with van der Waals surface area (Å²) in [5, 5.41) is 7.49. The van der Waals surface area contributed by atoms with Crippen molar-refractivity contribution in [3.8, 4) is 0 Å². The summed E-state index contributed by atoms with van der Waals surface area (Å²) in [5.41, 5.74) is 1.21. The van der Waals surface area contributed by atoms with E-state index in [4.69, 9.17) is 11.6 Å². The molecule has 0 atom stereocenters. The molecule has 90 valence electrons. The van der Waals surface area contributed by atoms with E-state index < -0.39 is 0 Å². The van der Waals surface area contributed by atoms with E-state index in [0.717, 1.165) is 29.1 Å². The molecule has 0 radical (unpaired) electrons. The Kier molecular flexibility index (Phi) is 6.36. The normalized spacial score (nSPS) is 11.1. The summed E-state index contributed by atoms with van der Waals surface area (Å²) in [7, 11) is 0. The summed E-state index contributed by atoms with van der Waals surface area (Å²) < 4.78 is 0.944. The molecule has 2 nitrogen and oxygen atoms in total. The Hall–Kier alpha value is -0.0900. The van der Waals surface area contributed by atoms with E-state index in [1.165, 1.54) is 5.56 Å². The van der Waals surface area contributed by atoms with Crippen LogP contribution in [0.25, 0.3) is 0 Å². The first-order valence-electron chi connectivity index (χ1n) is 5.47. The Bertz CT molecular complexity index is 329. The molecule has 0 aliphatic heterocycles. The van der Waals surface area contributed by atoms with Crippen molar-refractivity contribution in [1.29, 1.82) is 0 Å². The van der Waals surface area contributed by atoms with Crippen molar-refractivity contribution < 1.29 is 0 Å². The van der Waals surface area contributed by atoms with Gasteiger partial charge in [0.25, 0.3) is 0 Å². The number of hydrogen-bond donors (Lipinski definition) is 2. The maximum atomic E-state index is 6.01. The van der Waals surface area contributed by atoms with Crippen LogP contribution in [-0.2, 0) is 6.54 Å². The summed E-state index contributed by atoms with van der Waals surface area (Å²) in [5.74, 6) is 0. The first-order chi connectivity index (χ1) is 7.59. The van der Waals surface area contributed by atoms with Crippen LogP contribution in [0.1, 0.15) is 19.4 Å². The van der Waals surface area contributed by atoms with E-state index in [1.54, 1.807) is 0 Å². The van der Waals surface area contributed by atoms with Crippen LogP contribution in [-0.4, -0.2) is 19.1 Å². The average Bonchev–Trinajstić information content (AvgIpc) is 2.22. The van der Waals surface area contributed by atoms with E-state index in [0.29, 0.717) is 6.04 Å². The van der Waals surface area contributed by atoms with Crippen LogP contribution in [0.2, 0.25) is 5.02 Å². The highest BCUT2D eigenvalue weighted by molar-refractivity contribution is 9.10. The second kappa shape index (κ2) is 7.28. The molecule has 0 aliphatic carbocycles. The van der Waals surface area contributed by atoms with Gasteiger partial charge < -0.3 is 10.6 Å². The average molecular weight is 306 g/mol. The topological polar surface area (TPSA) is 24.1 Å². The fourth-order valence-corrected chi connectivity index (χ4v) is 1.78. The molecule has 0 spiro atoms. The van der Waals surface area contributed by atoms with Crippen molar-refractivity contribution in [3.05, 3.63) is 33.3 Å². The number of benzene rings is 1. The van der Waals surface area contributed by atoms with Gasteiger partial charge in [0.05, 0.1) is 5.02 Å². The maximum Gasteiger partial charge on any atom is 0.0551 e. The minimum absolute atomic E-state index is 0.545. The van der Waals surface area contributed by atoms with Gasteiger partial charge in [-0.15, -0.1) is 0 Å². The zero-order chi connectivity index (χ0) is 12.0.